The van der Waals surface area contributed by atoms with Crippen LogP contribution in [0.25, 0.3) is 5.82 Å². The van der Waals surface area contributed by atoms with Crippen molar-refractivity contribution in [3.05, 3.63) is 59.1 Å². The molecule has 0 N–H and O–H groups in total. The van der Waals surface area contributed by atoms with E-state index in [0.717, 1.165) is 27.8 Å². The fraction of sp³-hybridized carbons (Fsp3) is 0.333. The smallest absolute Gasteiger partial charge is 0.260 e. The van der Waals surface area contributed by atoms with Crippen molar-refractivity contribution in [1.29, 1.82) is 0 Å². The summed E-state index contributed by atoms with van der Waals surface area (Å²) in [4.78, 5) is 20.5. The van der Waals surface area contributed by atoms with Crippen molar-refractivity contribution in [1.82, 2.24) is 24.6 Å². The standard InChI is InChI=1S/C21H23ClN6O2/c1-15-11-17(12-16(2)21(15)22)30-13-20(29)27-9-7-26(8-10-27)18-3-4-19(25-24-18)28-6-5-23-14-28/h3-6,11-12,14H,7-10,13H2,1-2H3. The number of carbonyl (C=O) groups is 1. The van der Waals surface area contributed by atoms with Gasteiger partial charge in [-0.1, -0.05) is 11.6 Å². The lowest BCUT2D eigenvalue weighted by Crippen LogP contribution is -2.50. The van der Waals surface area contributed by atoms with E-state index in [9.17, 15) is 4.79 Å². The molecule has 1 aromatic carbocycles. The van der Waals surface area contributed by atoms with Gasteiger partial charge < -0.3 is 14.5 Å². The van der Waals surface area contributed by atoms with Crippen LogP contribution < -0.4 is 9.64 Å². The van der Waals surface area contributed by atoms with Crippen LogP contribution in [0, 0.1) is 13.8 Å². The summed E-state index contributed by atoms with van der Waals surface area (Å²) in [5.74, 6) is 2.15. The third-order valence-corrected chi connectivity index (χ3v) is 5.73. The van der Waals surface area contributed by atoms with Crippen LogP contribution in [0.2, 0.25) is 5.02 Å². The zero-order chi connectivity index (χ0) is 21.1. The molecule has 1 amide bonds. The molecule has 0 aliphatic carbocycles. The Morgan fingerprint density at radius 2 is 1.73 bits per heavy atom. The van der Waals surface area contributed by atoms with Gasteiger partial charge in [-0.2, -0.15) is 0 Å². The molecule has 0 saturated carbocycles. The number of ether oxygens (including phenoxy) is 1. The fourth-order valence-electron chi connectivity index (χ4n) is 3.43. The maximum absolute atomic E-state index is 12.5. The second-order valence-corrected chi connectivity index (χ2v) is 7.63. The Morgan fingerprint density at radius 1 is 1.07 bits per heavy atom. The minimum atomic E-state index is -0.0264. The number of carbonyl (C=O) groups excluding carboxylic acids is 1. The number of rotatable bonds is 5. The van der Waals surface area contributed by atoms with E-state index in [4.69, 9.17) is 16.3 Å². The zero-order valence-corrected chi connectivity index (χ0v) is 17.7. The number of aryl methyl sites for hydroxylation is 2. The van der Waals surface area contributed by atoms with Crippen molar-refractivity contribution in [2.75, 3.05) is 37.7 Å². The summed E-state index contributed by atoms with van der Waals surface area (Å²) in [7, 11) is 0. The van der Waals surface area contributed by atoms with E-state index in [1.165, 1.54) is 0 Å². The summed E-state index contributed by atoms with van der Waals surface area (Å²) < 4.78 is 7.51. The molecule has 1 aliphatic heterocycles. The number of benzene rings is 1. The van der Waals surface area contributed by atoms with Gasteiger partial charge in [-0.15, -0.1) is 10.2 Å². The lowest BCUT2D eigenvalue weighted by atomic mass is 10.1. The predicted octanol–water partition coefficient (Wildman–Crippen LogP) is 2.66. The first-order valence-corrected chi connectivity index (χ1v) is 10.1. The molecule has 0 radical (unpaired) electrons. The van der Waals surface area contributed by atoms with Gasteiger partial charge in [-0.25, -0.2) is 4.98 Å². The van der Waals surface area contributed by atoms with Crippen LogP contribution in [0.4, 0.5) is 5.82 Å². The molecule has 9 heteroatoms. The molecule has 2 aromatic heterocycles. The van der Waals surface area contributed by atoms with Crippen molar-refractivity contribution < 1.29 is 9.53 Å². The fourth-order valence-corrected chi connectivity index (χ4v) is 3.54. The van der Waals surface area contributed by atoms with Crippen molar-refractivity contribution >= 4 is 23.3 Å². The van der Waals surface area contributed by atoms with E-state index in [2.05, 4.69) is 20.1 Å². The summed E-state index contributed by atoms with van der Waals surface area (Å²) in [6.07, 6.45) is 5.20. The normalized spacial score (nSPS) is 14.1. The molecule has 0 atom stereocenters. The number of aromatic nitrogens is 4. The van der Waals surface area contributed by atoms with Gasteiger partial charge in [0.25, 0.3) is 5.91 Å². The molecule has 1 saturated heterocycles. The Morgan fingerprint density at radius 3 is 2.33 bits per heavy atom. The van der Waals surface area contributed by atoms with Crippen LogP contribution in [0.5, 0.6) is 5.75 Å². The molecule has 3 aromatic rings. The van der Waals surface area contributed by atoms with Crippen LogP contribution in [0.3, 0.4) is 0 Å². The molecule has 0 unspecified atom stereocenters. The number of piperazine rings is 1. The van der Waals surface area contributed by atoms with Gasteiger partial charge >= 0.3 is 0 Å². The van der Waals surface area contributed by atoms with Crippen LogP contribution in [-0.4, -0.2) is 63.3 Å². The molecule has 0 spiro atoms. The monoisotopic (exact) mass is 426 g/mol. The molecule has 1 fully saturated rings. The van der Waals surface area contributed by atoms with Crippen molar-refractivity contribution in [3.63, 3.8) is 0 Å². The highest BCUT2D eigenvalue weighted by molar-refractivity contribution is 6.32. The summed E-state index contributed by atoms with van der Waals surface area (Å²) in [6.45, 7) is 6.49. The summed E-state index contributed by atoms with van der Waals surface area (Å²) in [5, 5.41) is 9.30. The van der Waals surface area contributed by atoms with Gasteiger partial charge in [-0.3, -0.25) is 9.36 Å². The number of halogens is 1. The second kappa shape index (κ2) is 8.71. The Balaban J connectivity index is 1.29. The van der Waals surface area contributed by atoms with E-state index >= 15 is 0 Å². The number of hydrogen-bond donors (Lipinski definition) is 0. The number of imidazole rings is 1. The average Bonchev–Trinajstić information content (AvgIpc) is 3.31. The summed E-state index contributed by atoms with van der Waals surface area (Å²) in [5.41, 5.74) is 1.88. The molecular formula is C21H23ClN6O2. The Hall–Kier alpha value is -3.13. The molecule has 8 nitrogen and oxygen atoms in total. The van der Waals surface area contributed by atoms with Gasteiger partial charge in [0.1, 0.15) is 12.1 Å². The molecule has 3 heterocycles. The average molecular weight is 427 g/mol. The largest absolute Gasteiger partial charge is 0.484 e. The van der Waals surface area contributed by atoms with Gasteiger partial charge in [0.05, 0.1) is 0 Å². The number of anilines is 1. The summed E-state index contributed by atoms with van der Waals surface area (Å²) in [6, 6.07) is 7.55. The minimum Gasteiger partial charge on any atom is -0.484 e. The molecule has 0 bridgehead atoms. The van der Waals surface area contributed by atoms with E-state index < -0.39 is 0 Å². The number of nitrogens with zero attached hydrogens (tertiary/aromatic N) is 6. The third-order valence-electron chi connectivity index (χ3n) is 5.13. The predicted molar refractivity (Wildman–Crippen MR) is 114 cm³/mol. The second-order valence-electron chi connectivity index (χ2n) is 7.25. The topological polar surface area (TPSA) is 76.4 Å². The third kappa shape index (κ3) is 4.38. The quantitative estimate of drug-likeness (QED) is 0.624. The van der Waals surface area contributed by atoms with Gasteiger partial charge in [0.2, 0.25) is 0 Å². The molecular weight excluding hydrogens is 404 g/mol. The van der Waals surface area contributed by atoms with Gasteiger partial charge in [0, 0.05) is 43.6 Å². The van der Waals surface area contributed by atoms with Crippen LogP contribution >= 0.6 is 11.6 Å². The Kier molecular flexibility index (Phi) is 5.85. The maximum atomic E-state index is 12.5. The van der Waals surface area contributed by atoms with Gasteiger partial charge in [-0.05, 0) is 49.2 Å². The van der Waals surface area contributed by atoms with Crippen molar-refractivity contribution in [2.24, 2.45) is 0 Å². The minimum absolute atomic E-state index is 0.0138. The SMILES string of the molecule is Cc1cc(OCC(=O)N2CCN(c3ccc(-n4ccnc4)nn3)CC2)cc(C)c1Cl. The van der Waals surface area contributed by atoms with Crippen LogP contribution in [0.15, 0.2) is 43.0 Å². The van der Waals surface area contributed by atoms with Gasteiger partial charge in [0.15, 0.2) is 18.2 Å². The first-order valence-electron chi connectivity index (χ1n) is 9.75. The van der Waals surface area contributed by atoms with Crippen molar-refractivity contribution in [3.8, 4) is 11.6 Å². The van der Waals surface area contributed by atoms with E-state index in [1.807, 2.05) is 49.2 Å². The maximum Gasteiger partial charge on any atom is 0.260 e. The van der Waals surface area contributed by atoms with E-state index in [1.54, 1.807) is 17.1 Å². The van der Waals surface area contributed by atoms with E-state index in [-0.39, 0.29) is 12.5 Å². The van der Waals surface area contributed by atoms with Crippen molar-refractivity contribution in [2.45, 2.75) is 13.8 Å². The molecule has 1 aliphatic rings. The van der Waals surface area contributed by atoms with Crippen LogP contribution in [-0.2, 0) is 4.79 Å². The lowest BCUT2D eigenvalue weighted by molar-refractivity contribution is -0.133. The highest BCUT2D eigenvalue weighted by Gasteiger charge is 2.22. The van der Waals surface area contributed by atoms with Crippen LogP contribution in [0.1, 0.15) is 11.1 Å². The first-order chi connectivity index (χ1) is 14.5. The Bertz CT molecular complexity index is 991. The first kappa shape index (κ1) is 20.2. The highest BCUT2D eigenvalue weighted by atomic mass is 35.5. The lowest BCUT2D eigenvalue weighted by Gasteiger charge is -2.35. The van der Waals surface area contributed by atoms with E-state index in [0.29, 0.717) is 31.9 Å². The number of hydrogen-bond acceptors (Lipinski definition) is 6. The zero-order valence-electron chi connectivity index (χ0n) is 17.0. The molecule has 156 valence electrons. The highest BCUT2D eigenvalue weighted by Crippen LogP contribution is 2.26. The Labute approximate surface area is 180 Å². The molecule has 4 rings (SSSR count). The molecule has 30 heavy (non-hydrogen) atoms. The number of amides is 1. The summed E-state index contributed by atoms with van der Waals surface area (Å²) >= 11 is 6.18.